The van der Waals surface area contributed by atoms with Crippen LogP contribution >= 0.6 is 15.2 Å². The molecule has 0 N–H and O–H groups in total. The van der Waals surface area contributed by atoms with Gasteiger partial charge in [0.2, 0.25) is 0 Å². The van der Waals surface area contributed by atoms with Crippen molar-refractivity contribution in [2.75, 3.05) is 26.4 Å². The minimum Gasteiger partial charge on any atom is -0.307 e. The van der Waals surface area contributed by atoms with E-state index in [4.69, 9.17) is 18.1 Å². The molecule has 6 nitrogen and oxygen atoms in total. The van der Waals surface area contributed by atoms with Gasteiger partial charge in [-0.05, 0) is 74.9 Å². The largest absolute Gasteiger partial charge is 0.349 e. The van der Waals surface area contributed by atoms with Crippen LogP contribution < -0.4 is 0 Å². The van der Waals surface area contributed by atoms with Gasteiger partial charge in [0.05, 0.1) is 31.8 Å². The molecule has 0 aliphatic carbocycles. The Kier molecular flexibility index (Phi) is 10.4. The van der Waals surface area contributed by atoms with Crippen molar-refractivity contribution in [2.24, 2.45) is 5.41 Å². The Morgan fingerprint density at radius 3 is 0.649 bits per heavy atom. The lowest BCUT2D eigenvalue weighted by atomic mass is 9.83. The zero-order valence-electron chi connectivity index (χ0n) is 33.5. The number of benzene rings is 6. The lowest BCUT2D eigenvalue weighted by Crippen LogP contribution is -2.49. The van der Waals surface area contributed by atoms with E-state index in [0.29, 0.717) is 0 Å². The van der Waals surface area contributed by atoms with Crippen LogP contribution in [0, 0.1) is 47.0 Å². The van der Waals surface area contributed by atoms with E-state index in [1.807, 2.05) is 187 Å². The van der Waals surface area contributed by atoms with E-state index in [9.17, 15) is 0 Å². The predicted octanol–water partition coefficient (Wildman–Crippen LogP) is 12.3. The van der Waals surface area contributed by atoms with E-state index in [0.717, 1.165) is 66.8 Å². The van der Waals surface area contributed by atoms with Crippen LogP contribution in [-0.4, -0.2) is 26.4 Å². The summed E-state index contributed by atoms with van der Waals surface area (Å²) in [6.45, 7) is 12.3. The van der Waals surface area contributed by atoms with Crippen LogP contribution in [0.3, 0.4) is 0 Å². The number of hydrogen-bond donors (Lipinski definition) is 0. The first-order valence-corrected chi connectivity index (χ1v) is 22.6. The fraction of sp³-hybridized carbons (Fsp3) is 0.265. The van der Waals surface area contributed by atoms with E-state index in [-0.39, 0.29) is 26.4 Å². The molecule has 57 heavy (non-hydrogen) atoms. The van der Waals surface area contributed by atoms with Crippen molar-refractivity contribution in [1.82, 2.24) is 0 Å². The Morgan fingerprint density at radius 1 is 0.333 bits per heavy atom. The van der Waals surface area contributed by atoms with E-state index in [1.165, 1.54) is 0 Å². The third kappa shape index (κ3) is 6.71. The van der Waals surface area contributed by atoms with Crippen LogP contribution in [0.1, 0.15) is 66.8 Å². The van der Waals surface area contributed by atoms with Crippen molar-refractivity contribution < 1.29 is 27.2 Å². The summed E-state index contributed by atoms with van der Waals surface area (Å²) in [7, 11) is -8.12. The summed E-state index contributed by atoms with van der Waals surface area (Å²) < 4.78 is 58.6. The van der Waals surface area contributed by atoms with Crippen molar-refractivity contribution in [3.8, 4) is 0 Å². The summed E-state index contributed by atoms with van der Waals surface area (Å²) in [4.78, 5) is 0. The van der Waals surface area contributed by atoms with Gasteiger partial charge in [0.25, 0.3) is 0 Å². The van der Waals surface area contributed by atoms with Gasteiger partial charge in [0.15, 0.2) is 0 Å². The summed E-state index contributed by atoms with van der Waals surface area (Å²) in [6.07, 6.45) is 0. The monoisotopic (exact) mass is 796 g/mol. The normalized spacial score (nSPS) is 22.7. The molecule has 0 amide bonds. The molecule has 2 heterocycles. The van der Waals surface area contributed by atoms with Crippen LogP contribution in [0.2, 0.25) is 0 Å². The zero-order chi connectivity index (χ0) is 40.1. The van der Waals surface area contributed by atoms with E-state index in [1.54, 1.807) is 0 Å². The molecule has 6 aromatic carbocycles. The van der Waals surface area contributed by atoms with Gasteiger partial charge in [-0.2, -0.15) is 0 Å². The highest BCUT2D eigenvalue weighted by Crippen LogP contribution is 2.76. The van der Waals surface area contributed by atoms with E-state index >= 15 is 9.13 Å². The molecular weight excluding hydrogens is 746 g/mol. The first kappa shape index (κ1) is 39.4. The molecule has 2 aliphatic rings. The van der Waals surface area contributed by atoms with Gasteiger partial charge in [-0.3, -0.25) is 9.13 Å². The second-order valence-corrected chi connectivity index (χ2v) is 20.6. The van der Waals surface area contributed by atoms with Gasteiger partial charge in [-0.15, -0.1) is 0 Å². The van der Waals surface area contributed by atoms with E-state index in [2.05, 4.69) is 0 Å². The van der Waals surface area contributed by atoms with Gasteiger partial charge < -0.3 is 18.1 Å². The van der Waals surface area contributed by atoms with Crippen molar-refractivity contribution in [3.05, 3.63) is 212 Å². The van der Waals surface area contributed by atoms with Crippen molar-refractivity contribution in [1.29, 1.82) is 0 Å². The molecular formula is C49H50O6P2. The minimum atomic E-state index is -4.06. The maximum Gasteiger partial charge on any atom is 0.349 e. The zero-order valence-corrected chi connectivity index (χ0v) is 35.3. The van der Waals surface area contributed by atoms with E-state index < -0.39 is 30.9 Å². The third-order valence-electron chi connectivity index (χ3n) is 11.8. The standard InChI is InChI=1S/C49H50O6P2/c1-35-7-19-41(20-8-35)48(42-21-9-36(2)10-22-42,43-23-11-37(3)12-24-43)56(50)52-31-47(32-53-56)33-54-57(51,55-34-47)49(44-25-13-38(4)14-26-44,45-27-15-39(5)16-28-45)46-29-17-40(6)18-30-46/h7-30H,31-34H2,1-6H3. The van der Waals surface area contributed by atoms with Gasteiger partial charge >= 0.3 is 15.2 Å². The molecule has 0 aromatic heterocycles. The highest BCUT2D eigenvalue weighted by Gasteiger charge is 2.63. The van der Waals surface area contributed by atoms with Crippen LogP contribution in [0.4, 0.5) is 0 Å². The summed E-state index contributed by atoms with van der Waals surface area (Å²) >= 11 is 0. The second kappa shape index (κ2) is 15.1. The molecule has 1 spiro atoms. The van der Waals surface area contributed by atoms with Gasteiger partial charge in [0.1, 0.15) is 10.3 Å². The summed E-state index contributed by atoms with van der Waals surface area (Å²) in [5, 5.41) is -2.57. The topological polar surface area (TPSA) is 71.1 Å². The molecule has 0 bridgehead atoms. The summed E-state index contributed by atoms with van der Waals surface area (Å²) in [6, 6.07) is 48.7. The number of aryl methyl sites for hydroxylation is 6. The molecule has 2 aliphatic heterocycles. The van der Waals surface area contributed by atoms with Crippen LogP contribution in [0.25, 0.3) is 0 Å². The Hall–Kier alpha value is -4.38. The lowest BCUT2D eigenvalue weighted by Gasteiger charge is -2.50. The summed E-state index contributed by atoms with van der Waals surface area (Å²) in [5.74, 6) is 0. The minimum absolute atomic E-state index is 0.0161. The SMILES string of the molecule is Cc1ccc(C(c2ccc(C)cc2)(c2ccc(C)cc2)P2(=O)OCC3(CO2)COP(=O)(C(c2ccc(C)cc2)(c2ccc(C)cc2)c2ccc(C)cc2)OC3)cc1. The van der Waals surface area contributed by atoms with Gasteiger partial charge in [0, 0.05) is 0 Å². The maximum atomic E-state index is 15.9. The molecule has 0 radical (unpaired) electrons. The molecule has 8 heteroatoms. The van der Waals surface area contributed by atoms with Crippen LogP contribution in [0.5, 0.6) is 0 Å². The summed E-state index contributed by atoms with van der Waals surface area (Å²) in [5.41, 5.74) is 10.5. The molecule has 0 saturated carbocycles. The molecule has 8 rings (SSSR count). The fourth-order valence-corrected chi connectivity index (χ4v) is 13.8. The molecule has 2 saturated heterocycles. The first-order valence-electron chi connectivity index (χ1n) is 19.5. The highest BCUT2D eigenvalue weighted by atomic mass is 31.2. The highest BCUT2D eigenvalue weighted by molar-refractivity contribution is 7.56. The van der Waals surface area contributed by atoms with Gasteiger partial charge in [-0.1, -0.05) is 179 Å². The maximum absolute atomic E-state index is 15.9. The first-order chi connectivity index (χ1) is 27.3. The van der Waals surface area contributed by atoms with Gasteiger partial charge in [-0.25, -0.2) is 0 Å². The number of rotatable bonds is 8. The lowest BCUT2D eigenvalue weighted by molar-refractivity contribution is -0.0728. The Labute approximate surface area is 337 Å². The van der Waals surface area contributed by atoms with Crippen LogP contribution in [0.15, 0.2) is 146 Å². The molecule has 0 atom stereocenters. The quantitative estimate of drug-likeness (QED) is 0.113. The molecule has 0 unspecified atom stereocenters. The molecule has 6 aromatic rings. The third-order valence-corrected chi connectivity index (χ3v) is 16.9. The number of hydrogen-bond acceptors (Lipinski definition) is 6. The smallest absolute Gasteiger partial charge is 0.307 e. The molecule has 2 fully saturated rings. The second-order valence-electron chi connectivity index (χ2n) is 16.2. The Morgan fingerprint density at radius 2 is 0.491 bits per heavy atom. The predicted molar refractivity (Wildman–Crippen MR) is 228 cm³/mol. The Balaban J connectivity index is 1.20. The van der Waals surface area contributed by atoms with Crippen LogP contribution in [-0.2, 0) is 37.5 Å². The van der Waals surface area contributed by atoms with Crippen molar-refractivity contribution in [2.45, 2.75) is 51.9 Å². The van der Waals surface area contributed by atoms with Crippen molar-refractivity contribution in [3.63, 3.8) is 0 Å². The van der Waals surface area contributed by atoms with Crippen molar-refractivity contribution >= 4 is 15.2 Å². The average Bonchev–Trinajstić information content (AvgIpc) is 3.22. The average molecular weight is 797 g/mol. The Bertz CT molecular complexity index is 2030. The fourth-order valence-electron chi connectivity index (χ4n) is 8.32. The molecule has 292 valence electrons.